The summed E-state index contributed by atoms with van der Waals surface area (Å²) >= 11 is 6.74. The number of carbonyl (C=O) groups excluding carboxylic acids is 3. The summed E-state index contributed by atoms with van der Waals surface area (Å²) in [4.78, 5) is 36.5. The number of esters is 1. The number of nitrogens with zero attached hydrogens (tertiary/aromatic N) is 1. The number of imide groups is 1. The van der Waals surface area contributed by atoms with Gasteiger partial charge in [-0.15, -0.1) is 6.58 Å². The molecule has 1 heterocycles. The van der Waals surface area contributed by atoms with Crippen LogP contribution < -0.4 is 10.1 Å². The second-order valence-corrected chi connectivity index (χ2v) is 6.81. The third-order valence-electron chi connectivity index (χ3n) is 3.25. The number of nitrogens with one attached hydrogen (secondary N) is 1. The van der Waals surface area contributed by atoms with Crippen molar-refractivity contribution in [1.29, 1.82) is 0 Å². The number of amides is 3. The maximum Gasteiger partial charge on any atom is 0.344 e. The fraction of sp³-hybridized carbons (Fsp3) is 0.235. The van der Waals surface area contributed by atoms with Crippen molar-refractivity contribution in [3.05, 3.63) is 45.0 Å². The zero-order chi connectivity index (χ0) is 19.3. The summed E-state index contributed by atoms with van der Waals surface area (Å²) in [6.07, 6.45) is 3.03. The molecule has 9 heteroatoms. The van der Waals surface area contributed by atoms with E-state index in [0.29, 0.717) is 20.3 Å². The number of hydrogen-bond acceptors (Lipinski definition) is 5. The molecule has 0 aliphatic carbocycles. The number of ether oxygens (including phenoxy) is 2. The van der Waals surface area contributed by atoms with Gasteiger partial charge in [0.25, 0.3) is 5.91 Å². The molecule has 0 aromatic heterocycles. The molecule has 2 rings (SSSR count). The highest BCUT2D eigenvalue weighted by Gasteiger charge is 2.32. The van der Waals surface area contributed by atoms with E-state index < -0.39 is 17.9 Å². The Balaban J connectivity index is 2.19. The van der Waals surface area contributed by atoms with Crippen LogP contribution in [0, 0.1) is 0 Å². The Hall–Kier alpha value is -2.13. The predicted molar refractivity (Wildman–Crippen MR) is 102 cm³/mol. The van der Waals surface area contributed by atoms with E-state index in [-0.39, 0.29) is 25.5 Å². The Morgan fingerprint density at radius 3 is 2.54 bits per heavy atom. The average Bonchev–Trinajstić information content (AvgIpc) is 2.82. The largest absolute Gasteiger partial charge is 0.480 e. The van der Waals surface area contributed by atoms with Gasteiger partial charge < -0.3 is 14.8 Å². The van der Waals surface area contributed by atoms with Crippen molar-refractivity contribution in [3.8, 4) is 5.75 Å². The number of rotatable bonds is 7. The van der Waals surface area contributed by atoms with Gasteiger partial charge in [-0.2, -0.15) is 0 Å². The molecule has 3 amide bonds. The number of urea groups is 1. The van der Waals surface area contributed by atoms with Crippen LogP contribution in [0.5, 0.6) is 5.75 Å². The van der Waals surface area contributed by atoms with Crippen LogP contribution in [0.4, 0.5) is 4.79 Å². The lowest BCUT2D eigenvalue weighted by Crippen LogP contribution is -2.30. The number of benzene rings is 1. The average molecular weight is 488 g/mol. The third-order valence-corrected chi connectivity index (χ3v) is 4.42. The van der Waals surface area contributed by atoms with Gasteiger partial charge >= 0.3 is 12.0 Å². The van der Waals surface area contributed by atoms with E-state index in [1.165, 1.54) is 6.08 Å². The summed E-state index contributed by atoms with van der Waals surface area (Å²) in [7, 11) is 0. The van der Waals surface area contributed by atoms with Crippen LogP contribution in [0.25, 0.3) is 6.08 Å². The number of hydrogen-bond donors (Lipinski definition) is 1. The van der Waals surface area contributed by atoms with E-state index in [4.69, 9.17) is 9.47 Å². The van der Waals surface area contributed by atoms with E-state index in [2.05, 4.69) is 43.8 Å². The summed E-state index contributed by atoms with van der Waals surface area (Å²) in [5, 5.41) is 2.52. The van der Waals surface area contributed by atoms with Gasteiger partial charge in [0.15, 0.2) is 6.61 Å². The Labute approximate surface area is 167 Å². The van der Waals surface area contributed by atoms with Gasteiger partial charge in [0.2, 0.25) is 0 Å². The van der Waals surface area contributed by atoms with Crippen molar-refractivity contribution >= 4 is 55.8 Å². The van der Waals surface area contributed by atoms with Crippen LogP contribution in [0.15, 0.2) is 39.4 Å². The van der Waals surface area contributed by atoms with Crippen LogP contribution in [0.1, 0.15) is 12.5 Å². The summed E-state index contributed by atoms with van der Waals surface area (Å²) in [5.41, 5.74) is 0.812. The Morgan fingerprint density at radius 1 is 1.31 bits per heavy atom. The van der Waals surface area contributed by atoms with Gasteiger partial charge in [0.1, 0.15) is 11.4 Å². The predicted octanol–water partition coefficient (Wildman–Crippen LogP) is 3.23. The lowest BCUT2D eigenvalue weighted by molar-refractivity contribution is -0.145. The minimum Gasteiger partial charge on any atom is -0.480 e. The molecule has 1 aromatic rings. The second-order valence-electron chi connectivity index (χ2n) is 5.10. The zero-order valence-electron chi connectivity index (χ0n) is 13.9. The highest BCUT2D eigenvalue weighted by atomic mass is 79.9. The quantitative estimate of drug-likeness (QED) is 0.276. The first-order chi connectivity index (χ1) is 12.4. The van der Waals surface area contributed by atoms with Crippen molar-refractivity contribution in [3.63, 3.8) is 0 Å². The molecule has 1 N–H and O–H groups in total. The lowest BCUT2D eigenvalue weighted by Gasteiger charge is -2.11. The molecule has 26 heavy (non-hydrogen) atoms. The third kappa shape index (κ3) is 4.73. The molecular weight excluding hydrogens is 472 g/mol. The van der Waals surface area contributed by atoms with Crippen LogP contribution >= 0.6 is 31.9 Å². The second kappa shape index (κ2) is 9.00. The van der Waals surface area contributed by atoms with Crippen LogP contribution in [0.3, 0.4) is 0 Å². The molecule has 0 atom stereocenters. The minimum absolute atomic E-state index is 0.135. The SMILES string of the molecule is C=CCN1C(=O)N/C(=C/c2cc(Br)c(OCC(=O)OCC)c(Br)c2)C1=O. The molecule has 1 aliphatic rings. The molecule has 0 unspecified atom stereocenters. The zero-order valence-corrected chi connectivity index (χ0v) is 17.1. The molecule has 1 aliphatic heterocycles. The molecule has 0 saturated carbocycles. The highest BCUT2D eigenvalue weighted by molar-refractivity contribution is 9.11. The Morgan fingerprint density at radius 2 is 1.96 bits per heavy atom. The highest BCUT2D eigenvalue weighted by Crippen LogP contribution is 2.35. The van der Waals surface area contributed by atoms with E-state index in [1.54, 1.807) is 25.1 Å². The molecule has 1 saturated heterocycles. The van der Waals surface area contributed by atoms with Gasteiger partial charge in [0, 0.05) is 6.54 Å². The summed E-state index contributed by atoms with van der Waals surface area (Å²) in [6, 6.07) is 2.91. The van der Waals surface area contributed by atoms with Crippen molar-refractivity contribution in [2.75, 3.05) is 19.8 Å². The number of halogens is 2. The van der Waals surface area contributed by atoms with Gasteiger partial charge in [-0.3, -0.25) is 9.69 Å². The van der Waals surface area contributed by atoms with Gasteiger partial charge in [-0.25, -0.2) is 9.59 Å². The lowest BCUT2D eigenvalue weighted by atomic mass is 10.2. The maximum absolute atomic E-state index is 12.2. The van der Waals surface area contributed by atoms with E-state index in [0.717, 1.165) is 4.90 Å². The van der Waals surface area contributed by atoms with E-state index >= 15 is 0 Å². The van der Waals surface area contributed by atoms with E-state index in [1.807, 2.05) is 0 Å². The van der Waals surface area contributed by atoms with Crippen molar-refractivity contribution < 1.29 is 23.9 Å². The van der Waals surface area contributed by atoms with Crippen molar-refractivity contribution in [1.82, 2.24) is 10.2 Å². The fourth-order valence-electron chi connectivity index (χ4n) is 2.17. The molecule has 7 nitrogen and oxygen atoms in total. The van der Waals surface area contributed by atoms with Crippen molar-refractivity contribution in [2.45, 2.75) is 6.92 Å². The smallest absolute Gasteiger partial charge is 0.344 e. The van der Waals surface area contributed by atoms with Crippen LogP contribution in [0.2, 0.25) is 0 Å². The molecule has 1 aromatic carbocycles. The van der Waals surface area contributed by atoms with Crippen LogP contribution in [-0.2, 0) is 14.3 Å². The Bertz CT molecular complexity index is 768. The summed E-state index contributed by atoms with van der Waals surface area (Å²) in [5.74, 6) is -0.473. The molecule has 1 fully saturated rings. The standard InChI is InChI=1S/C17H16Br2N2O5/c1-3-5-21-16(23)13(20-17(21)24)8-10-6-11(18)15(12(19)7-10)26-9-14(22)25-4-2/h3,6-8H,1,4-5,9H2,2H3,(H,20,24)/b13-8+. The van der Waals surface area contributed by atoms with E-state index in [9.17, 15) is 14.4 Å². The molecule has 0 spiro atoms. The summed E-state index contributed by atoms with van der Waals surface area (Å²) < 4.78 is 11.4. The molecular formula is C17H16Br2N2O5. The molecule has 0 radical (unpaired) electrons. The monoisotopic (exact) mass is 486 g/mol. The van der Waals surface area contributed by atoms with Crippen molar-refractivity contribution in [2.24, 2.45) is 0 Å². The Kier molecular flexibility index (Phi) is 6.98. The van der Waals surface area contributed by atoms with Gasteiger partial charge in [-0.05, 0) is 62.6 Å². The topological polar surface area (TPSA) is 84.9 Å². The first-order valence-corrected chi connectivity index (χ1v) is 9.18. The first kappa shape index (κ1) is 20.2. The summed E-state index contributed by atoms with van der Waals surface area (Å²) in [6.45, 7) is 5.42. The minimum atomic E-state index is -0.492. The first-order valence-electron chi connectivity index (χ1n) is 7.60. The van der Waals surface area contributed by atoms with Crippen LogP contribution in [-0.4, -0.2) is 42.6 Å². The maximum atomic E-state index is 12.2. The fourth-order valence-corrected chi connectivity index (χ4v) is 3.62. The normalized spacial score (nSPS) is 15.2. The van der Waals surface area contributed by atoms with Gasteiger partial charge in [-0.1, -0.05) is 6.08 Å². The molecule has 138 valence electrons. The number of carbonyl (C=O) groups is 3. The molecule has 0 bridgehead atoms. The van der Waals surface area contributed by atoms with Gasteiger partial charge in [0.05, 0.1) is 15.6 Å².